The molecule has 0 aliphatic carbocycles. The van der Waals surface area contributed by atoms with Gasteiger partial charge in [-0.25, -0.2) is 0 Å². The lowest BCUT2D eigenvalue weighted by Crippen LogP contribution is -1.82. The van der Waals surface area contributed by atoms with E-state index in [1.807, 2.05) is 0 Å². The second-order valence-corrected chi connectivity index (χ2v) is 5.52. The van der Waals surface area contributed by atoms with Crippen LogP contribution in [0.15, 0.2) is 22.4 Å². The number of aryl methyl sites for hydroxylation is 1. The predicted molar refractivity (Wildman–Crippen MR) is 71.2 cm³/mol. The lowest BCUT2D eigenvalue weighted by Gasteiger charge is -2.00. The van der Waals surface area contributed by atoms with Crippen molar-refractivity contribution in [2.75, 3.05) is 0 Å². The Morgan fingerprint density at radius 2 is 2.23 bits per heavy atom. The molecule has 0 N–H and O–H groups in total. The monoisotopic (exact) mass is 320 g/mol. The topological polar surface area (TPSA) is 0 Å². The third-order valence-corrected chi connectivity index (χ3v) is 4.31. The summed E-state index contributed by atoms with van der Waals surface area (Å²) in [5.74, 6) is 0. The van der Waals surface area contributed by atoms with Crippen molar-refractivity contribution in [1.82, 2.24) is 0 Å². The molecule has 0 saturated heterocycles. The molecule has 1 heterocycles. The number of hydrogen-bond donors (Lipinski definition) is 1. The number of rotatable bonds is 1. The van der Waals surface area contributed by atoms with E-state index in [-0.39, 0.29) is 0 Å². The van der Waals surface area contributed by atoms with Gasteiger partial charge < -0.3 is 0 Å². The number of halogens is 1. The van der Waals surface area contributed by atoms with E-state index >= 15 is 0 Å². The van der Waals surface area contributed by atoms with Crippen LogP contribution in [0.5, 0.6) is 0 Å². The first-order valence-corrected chi connectivity index (χ1v) is 6.51. The minimum absolute atomic E-state index is 1.10. The molecule has 3 heteroatoms. The van der Waals surface area contributed by atoms with E-state index in [4.69, 9.17) is 0 Å². The van der Waals surface area contributed by atoms with Gasteiger partial charge in [0.2, 0.25) is 0 Å². The molecule has 0 nitrogen and oxygen atoms in total. The van der Waals surface area contributed by atoms with E-state index in [0.717, 1.165) is 11.3 Å². The average molecular weight is 320 g/mol. The summed E-state index contributed by atoms with van der Waals surface area (Å²) in [6, 6.07) is 4.46. The van der Waals surface area contributed by atoms with Gasteiger partial charge in [0.05, 0.1) is 0 Å². The van der Waals surface area contributed by atoms with Crippen LogP contribution in [0.1, 0.15) is 12.5 Å². The molecule has 2 aromatic rings. The van der Waals surface area contributed by atoms with Crippen molar-refractivity contribution in [3.8, 4) is 0 Å². The van der Waals surface area contributed by atoms with Crippen LogP contribution in [0.4, 0.5) is 0 Å². The van der Waals surface area contributed by atoms with Gasteiger partial charge in [-0.1, -0.05) is 6.92 Å². The Morgan fingerprint density at radius 1 is 1.46 bits per heavy atom. The summed E-state index contributed by atoms with van der Waals surface area (Å²) in [6.07, 6.45) is 1.10. The zero-order chi connectivity index (χ0) is 9.42. The van der Waals surface area contributed by atoms with Crippen LogP contribution in [-0.2, 0) is 6.42 Å². The van der Waals surface area contributed by atoms with Gasteiger partial charge in [-0.15, -0.1) is 24.0 Å². The van der Waals surface area contributed by atoms with E-state index in [0.29, 0.717) is 0 Å². The lowest BCUT2D eigenvalue weighted by molar-refractivity contribution is 1.16. The number of fused-ring (bicyclic) bond motifs is 1. The maximum Gasteiger partial charge on any atom is 0.0386 e. The second kappa shape index (κ2) is 3.79. The normalized spacial score (nSPS) is 11.0. The molecule has 0 radical (unpaired) electrons. The van der Waals surface area contributed by atoms with Crippen molar-refractivity contribution in [2.24, 2.45) is 0 Å². The molecule has 1 aromatic heterocycles. The molecule has 1 aromatic carbocycles. The smallest absolute Gasteiger partial charge is 0.0386 e. The first kappa shape index (κ1) is 9.80. The van der Waals surface area contributed by atoms with Crippen LogP contribution in [-0.4, -0.2) is 0 Å². The van der Waals surface area contributed by atoms with Crippen LogP contribution in [0.2, 0.25) is 0 Å². The Morgan fingerprint density at radius 3 is 2.92 bits per heavy atom. The molecule has 0 bridgehead atoms. The lowest BCUT2D eigenvalue weighted by atomic mass is 10.1. The molecule has 0 aliphatic rings. The summed E-state index contributed by atoms with van der Waals surface area (Å²) < 4.78 is 2.70. The number of hydrogen-bond acceptors (Lipinski definition) is 2. The van der Waals surface area contributed by atoms with Crippen LogP contribution < -0.4 is 0 Å². The molecule has 0 fully saturated rings. The molecule has 0 unspecified atom stereocenters. The molecule has 0 amide bonds. The van der Waals surface area contributed by atoms with Gasteiger partial charge in [0.25, 0.3) is 0 Å². The van der Waals surface area contributed by atoms with E-state index in [9.17, 15) is 0 Å². The molecule has 13 heavy (non-hydrogen) atoms. The molecule has 2 rings (SSSR count). The fourth-order valence-electron chi connectivity index (χ4n) is 1.42. The number of thiophene rings is 1. The van der Waals surface area contributed by atoms with Crippen LogP contribution in [0.3, 0.4) is 0 Å². The van der Waals surface area contributed by atoms with Gasteiger partial charge in [0, 0.05) is 23.9 Å². The first-order valence-electron chi connectivity index (χ1n) is 4.11. The van der Waals surface area contributed by atoms with Crippen LogP contribution >= 0.6 is 46.6 Å². The standard InChI is InChI=1S/C10H9IS2/c1-2-6-3-7(11)4-8-9(12)5-13-10(6)8/h3-5,12H,2H2,1H3. The second-order valence-electron chi connectivity index (χ2n) is 2.92. The van der Waals surface area contributed by atoms with E-state index in [1.165, 1.54) is 19.2 Å². The van der Waals surface area contributed by atoms with Gasteiger partial charge in [-0.3, -0.25) is 0 Å². The molecule has 0 saturated carbocycles. The Hall–Kier alpha value is 0.260. The maximum absolute atomic E-state index is 4.44. The van der Waals surface area contributed by atoms with Crippen molar-refractivity contribution in [2.45, 2.75) is 18.2 Å². The summed E-state index contributed by atoms with van der Waals surface area (Å²) in [6.45, 7) is 2.20. The SMILES string of the molecule is CCc1cc(I)cc2c(S)csc12. The first-order chi connectivity index (χ1) is 6.22. The van der Waals surface area contributed by atoms with Crippen molar-refractivity contribution >= 4 is 56.6 Å². The molecule has 0 atom stereocenters. The van der Waals surface area contributed by atoms with Gasteiger partial charge in [-0.05, 0) is 46.7 Å². The zero-order valence-electron chi connectivity index (χ0n) is 7.17. The van der Waals surface area contributed by atoms with Gasteiger partial charge in [0.1, 0.15) is 0 Å². The summed E-state index contributed by atoms with van der Waals surface area (Å²) >= 11 is 8.60. The Bertz CT molecular complexity index is 445. The van der Waals surface area contributed by atoms with Crippen molar-refractivity contribution in [1.29, 1.82) is 0 Å². The summed E-state index contributed by atoms with van der Waals surface area (Å²) in [4.78, 5) is 1.10. The number of benzene rings is 1. The maximum atomic E-state index is 4.44. The van der Waals surface area contributed by atoms with Crippen molar-refractivity contribution in [3.05, 3.63) is 26.6 Å². The predicted octanol–water partition coefficient (Wildman–Crippen LogP) is 4.36. The molecule has 0 aliphatic heterocycles. The minimum Gasteiger partial charge on any atom is -0.142 e. The van der Waals surface area contributed by atoms with E-state index in [1.54, 1.807) is 11.3 Å². The van der Waals surface area contributed by atoms with Gasteiger partial charge >= 0.3 is 0 Å². The van der Waals surface area contributed by atoms with Crippen molar-refractivity contribution < 1.29 is 0 Å². The fraction of sp³-hybridized carbons (Fsp3) is 0.200. The highest BCUT2D eigenvalue weighted by atomic mass is 127. The van der Waals surface area contributed by atoms with E-state index in [2.05, 4.69) is 59.7 Å². The van der Waals surface area contributed by atoms with Crippen LogP contribution in [0.25, 0.3) is 10.1 Å². The summed E-state index contributed by atoms with van der Waals surface area (Å²) in [7, 11) is 0. The van der Waals surface area contributed by atoms with E-state index < -0.39 is 0 Å². The summed E-state index contributed by atoms with van der Waals surface area (Å²) in [5, 5.41) is 3.42. The highest BCUT2D eigenvalue weighted by Gasteiger charge is 2.05. The third kappa shape index (κ3) is 1.74. The zero-order valence-corrected chi connectivity index (χ0v) is 11.0. The van der Waals surface area contributed by atoms with Gasteiger partial charge in [0.15, 0.2) is 0 Å². The molecular weight excluding hydrogens is 311 g/mol. The third-order valence-electron chi connectivity index (χ3n) is 2.08. The Balaban J connectivity index is 2.84. The fourth-order valence-corrected chi connectivity index (χ4v) is 3.52. The largest absolute Gasteiger partial charge is 0.142 e. The molecule has 0 spiro atoms. The van der Waals surface area contributed by atoms with Gasteiger partial charge in [-0.2, -0.15) is 0 Å². The molecule has 68 valence electrons. The quantitative estimate of drug-likeness (QED) is 0.586. The Kier molecular flexibility index (Phi) is 2.86. The number of thiol groups is 1. The highest BCUT2D eigenvalue weighted by Crippen LogP contribution is 2.33. The minimum atomic E-state index is 1.10. The highest BCUT2D eigenvalue weighted by molar-refractivity contribution is 14.1. The van der Waals surface area contributed by atoms with Crippen molar-refractivity contribution in [3.63, 3.8) is 0 Å². The van der Waals surface area contributed by atoms with Crippen LogP contribution in [0, 0.1) is 3.57 Å². The molecular formula is C10H9IS2. The summed E-state index contributed by atoms with van der Waals surface area (Å²) in [5.41, 5.74) is 1.44. The Labute approximate surface area is 101 Å². The average Bonchev–Trinajstić information content (AvgIpc) is 2.47.